The molecule has 10 heteroatoms. The van der Waals surface area contributed by atoms with Gasteiger partial charge >= 0.3 is 13.1 Å². The van der Waals surface area contributed by atoms with Gasteiger partial charge in [-0.05, 0) is 17.7 Å². The first-order chi connectivity index (χ1) is 13.9. The summed E-state index contributed by atoms with van der Waals surface area (Å²) in [6, 6.07) is 15.3. The molecule has 148 valence electrons. The fourth-order valence-electron chi connectivity index (χ4n) is 2.79. The summed E-state index contributed by atoms with van der Waals surface area (Å²) in [6.45, 7) is -0.0240. The van der Waals surface area contributed by atoms with Crippen LogP contribution >= 0.6 is 0 Å². The average molecular weight is 394 g/mol. The molecular weight excluding hydrogens is 375 g/mol. The van der Waals surface area contributed by atoms with E-state index in [1.165, 1.54) is 16.8 Å². The van der Waals surface area contributed by atoms with E-state index in [-0.39, 0.29) is 24.4 Å². The molecule has 0 unspecified atom stereocenters. The van der Waals surface area contributed by atoms with Gasteiger partial charge in [-0.2, -0.15) is 0 Å². The standard InChI is InChI=1S/C19H19BN4O5/c25-18(9-13-5-2-1-3-6-13)21-17(20(28)29)12-24-11-16(22-23-24)14-7-4-8-15(10-14)19(26)27/h1-8,10-11,17,28-29H,9,12H2,(H,21,25)(H,26,27)/t17-/m0/s1. The van der Waals surface area contributed by atoms with Crippen LogP contribution in [0, 0.1) is 0 Å². The lowest BCUT2D eigenvalue weighted by Gasteiger charge is -2.17. The maximum atomic E-state index is 12.2. The number of carbonyl (C=O) groups excluding carboxylic acids is 1. The molecule has 1 amide bonds. The van der Waals surface area contributed by atoms with Gasteiger partial charge in [-0.3, -0.25) is 9.48 Å². The minimum atomic E-state index is -1.79. The molecule has 4 N–H and O–H groups in total. The van der Waals surface area contributed by atoms with Crippen LogP contribution in [-0.2, 0) is 17.8 Å². The minimum absolute atomic E-state index is 0.0240. The number of aromatic carboxylic acids is 1. The van der Waals surface area contributed by atoms with Gasteiger partial charge in [0.25, 0.3) is 0 Å². The molecule has 0 spiro atoms. The van der Waals surface area contributed by atoms with E-state index in [1.807, 2.05) is 18.2 Å². The third-order valence-electron chi connectivity index (χ3n) is 4.24. The second-order valence-corrected chi connectivity index (χ2v) is 6.46. The summed E-state index contributed by atoms with van der Waals surface area (Å²) in [5.41, 5.74) is 1.91. The van der Waals surface area contributed by atoms with Crippen molar-refractivity contribution >= 4 is 19.0 Å². The number of hydrogen-bond acceptors (Lipinski definition) is 6. The Labute approximate surface area is 166 Å². The lowest BCUT2D eigenvalue weighted by Crippen LogP contribution is -2.49. The zero-order chi connectivity index (χ0) is 20.8. The highest BCUT2D eigenvalue weighted by Gasteiger charge is 2.26. The van der Waals surface area contributed by atoms with Gasteiger partial charge in [0, 0.05) is 5.56 Å². The Morgan fingerprint density at radius 2 is 1.86 bits per heavy atom. The number of amides is 1. The van der Waals surface area contributed by atoms with Crippen molar-refractivity contribution in [3.05, 3.63) is 71.9 Å². The molecule has 0 saturated heterocycles. The van der Waals surface area contributed by atoms with Crippen molar-refractivity contribution in [3.63, 3.8) is 0 Å². The van der Waals surface area contributed by atoms with Gasteiger partial charge < -0.3 is 20.5 Å². The number of hydrogen-bond donors (Lipinski definition) is 4. The van der Waals surface area contributed by atoms with E-state index in [0.29, 0.717) is 11.3 Å². The van der Waals surface area contributed by atoms with E-state index in [0.717, 1.165) is 5.56 Å². The van der Waals surface area contributed by atoms with Gasteiger partial charge in [0.2, 0.25) is 5.91 Å². The zero-order valence-corrected chi connectivity index (χ0v) is 15.3. The predicted molar refractivity (Wildman–Crippen MR) is 105 cm³/mol. The first-order valence-corrected chi connectivity index (χ1v) is 8.85. The predicted octanol–water partition coefficient (Wildman–Crippen LogP) is 0.383. The summed E-state index contributed by atoms with van der Waals surface area (Å²) in [6.07, 6.45) is 1.65. The topological polar surface area (TPSA) is 138 Å². The van der Waals surface area contributed by atoms with E-state index in [1.54, 1.807) is 30.5 Å². The number of benzene rings is 2. The van der Waals surface area contributed by atoms with Crippen molar-refractivity contribution in [2.24, 2.45) is 0 Å². The van der Waals surface area contributed by atoms with Crippen LogP contribution in [-0.4, -0.2) is 55.1 Å². The Kier molecular flexibility index (Phi) is 6.37. The molecule has 3 aromatic rings. The Morgan fingerprint density at radius 3 is 2.55 bits per heavy atom. The number of nitrogens with one attached hydrogen (secondary N) is 1. The van der Waals surface area contributed by atoms with Crippen LogP contribution in [0.1, 0.15) is 15.9 Å². The largest absolute Gasteiger partial charge is 0.478 e. The van der Waals surface area contributed by atoms with Crippen molar-refractivity contribution < 1.29 is 24.7 Å². The van der Waals surface area contributed by atoms with E-state index >= 15 is 0 Å². The smallest absolute Gasteiger partial charge is 0.477 e. The van der Waals surface area contributed by atoms with E-state index in [9.17, 15) is 19.6 Å². The molecule has 3 rings (SSSR count). The highest BCUT2D eigenvalue weighted by molar-refractivity contribution is 6.43. The third kappa shape index (κ3) is 5.50. The van der Waals surface area contributed by atoms with Crippen LogP contribution in [0.2, 0.25) is 0 Å². The molecule has 1 heterocycles. The van der Waals surface area contributed by atoms with Crippen LogP contribution in [0.5, 0.6) is 0 Å². The van der Waals surface area contributed by atoms with Crippen LogP contribution in [0.25, 0.3) is 11.3 Å². The summed E-state index contributed by atoms with van der Waals surface area (Å²) in [5, 5.41) is 38.8. The SMILES string of the molecule is O=C(Cc1ccccc1)N[C@@H](Cn1cc(-c2cccc(C(=O)O)c2)nn1)B(O)O. The Balaban J connectivity index is 1.68. The third-order valence-corrected chi connectivity index (χ3v) is 4.24. The highest BCUT2D eigenvalue weighted by atomic mass is 16.4. The number of rotatable bonds is 8. The first-order valence-electron chi connectivity index (χ1n) is 8.85. The van der Waals surface area contributed by atoms with Crippen molar-refractivity contribution in [3.8, 4) is 11.3 Å². The molecule has 9 nitrogen and oxygen atoms in total. The van der Waals surface area contributed by atoms with Crippen LogP contribution in [0.15, 0.2) is 60.8 Å². The molecule has 0 aliphatic rings. The molecule has 1 atom stereocenters. The summed E-state index contributed by atoms with van der Waals surface area (Å²) < 4.78 is 1.36. The normalized spacial score (nSPS) is 11.7. The molecule has 0 radical (unpaired) electrons. The van der Waals surface area contributed by atoms with Crippen molar-refractivity contribution in [2.45, 2.75) is 18.9 Å². The average Bonchev–Trinajstić information content (AvgIpc) is 3.17. The summed E-state index contributed by atoms with van der Waals surface area (Å²) in [4.78, 5) is 23.3. The van der Waals surface area contributed by atoms with Crippen molar-refractivity contribution in [1.29, 1.82) is 0 Å². The van der Waals surface area contributed by atoms with Crippen molar-refractivity contribution in [1.82, 2.24) is 20.3 Å². The maximum absolute atomic E-state index is 12.2. The Hall–Kier alpha value is -3.50. The fraction of sp³-hybridized carbons (Fsp3) is 0.158. The van der Waals surface area contributed by atoms with E-state index in [2.05, 4.69) is 15.6 Å². The van der Waals surface area contributed by atoms with Gasteiger partial charge in [0.1, 0.15) is 5.69 Å². The minimum Gasteiger partial charge on any atom is -0.478 e. The second-order valence-electron chi connectivity index (χ2n) is 6.46. The summed E-state index contributed by atoms with van der Waals surface area (Å²) >= 11 is 0. The number of carbonyl (C=O) groups is 2. The zero-order valence-electron chi connectivity index (χ0n) is 15.3. The number of aromatic nitrogens is 3. The Morgan fingerprint density at radius 1 is 1.10 bits per heavy atom. The van der Waals surface area contributed by atoms with Crippen LogP contribution < -0.4 is 5.32 Å². The Bertz CT molecular complexity index is 993. The van der Waals surface area contributed by atoms with Crippen LogP contribution in [0.4, 0.5) is 0 Å². The number of carboxylic acid groups (broad SMARTS) is 1. The lowest BCUT2D eigenvalue weighted by molar-refractivity contribution is -0.120. The fourth-order valence-corrected chi connectivity index (χ4v) is 2.79. The molecule has 0 aliphatic heterocycles. The molecule has 2 aromatic carbocycles. The highest BCUT2D eigenvalue weighted by Crippen LogP contribution is 2.18. The number of nitrogens with zero attached hydrogens (tertiary/aromatic N) is 3. The van der Waals surface area contributed by atoms with E-state index < -0.39 is 19.0 Å². The molecule has 0 aliphatic carbocycles. The van der Waals surface area contributed by atoms with Gasteiger partial charge in [0.15, 0.2) is 0 Å². The van der Waals surface area contributed by atoms with E-state index in [4.69, 9.17) is 5.11 Å². The van der Waals surface area contributed by atoms with Gasteiger partial charge in [0.05, 0.1) is 30.7 Å². The molecular formula is C19H19BN4O5. The lowest BCUT2D eigenvalue weighted by atomic mass is 9.79. The first kappa shape index (κ1) is 20.2. The summed E-state index contributed by atoms with van der Waals surface area (Å²) in [5.74, 6) is -2.40. The van der Waals surface area contributed by atoms with Gasteiger partial charge in [-0.15, -0.1) is 5.10 Å². The number of carboxylic acids is 1. The quantitative estimate of drug-likeness (QED) is 0.406. The maximum Gasteiger partial charge on any atom is 0.477 e. The monoisotopic (exact) mass is 394 g/mol. The molecule has 1 aromatic heterocycles. The molecule has 0 fully saturated rings. The van der Waals surface area contributed by atoms with Gasteiger partial charge in [-0.25, -0.2) is 4.79 Å². The van der Waals surface area contributed by atoms with Crippen LogP contribution in [0.3, 0.4) is 0 Å². The second kappa shape index (κ2) is 9.13. The molecule has 0 saturated carbocycles. The summed E-state index contributed by atoms with van der Waals surface area (Å²) in [7, 11) is -1.79. The van der Waals surface area contributed by atoms with Gasteiger partial charge in [-0.1, -0.05) is 47.7 Å². The van der Waals surface area contributed by atoms with Crippen molar-refractivity contribution in [2.75, 3.05) is 0 Å². The molecule has 0 bridgehead atoms. The molecule has 29 heavy (non-hydrogen) atoms.